The molecule has 0 radical (unpaired) electrons. The fourth-order valence-corrected chi connectivity index (χ4v) is 3.37. The van der Waals surface area contributed by atoms with Crippen LogP contribution in [-0.2, 0) is 9.59 Å². The van der Waals surface area contributed by atoms with Gasteiger partial charge in [0.2, 0.25) is 0 Å². The Bertz CT molecular complexity index is 1070. The second kappa shape index (κ2) is 8.32. The van der Waals surface area contributed by atoms with Crippen molar-refractivity contribution in [1.82, 2.24) is 15.1 Å². The second-order valence-electron chi connectivity index (χ2n) is 6.94. The molecule has 1 aromatic heterocycles. The highest BCUT2D eigenvalue weighted by Gasteiger charge is 2.28. The summed E-state index contributed by atoms with van der Waals surface area (Å²) in [6.45, 7) is 0.806. The Hall–Kier alpha value is -3.75. The summed E-state index contributed by atoms with van der Waals surface area (Å²) in [5.74, 6) is -2.68. The van der Waals surface area contributed by atoms with E-state index in [2.05, 4.69) is 15.7 Å². The van der Waals surface area contributed by atoms with Crippen molar-refractivity contribution >= 4 is 23.3 Å². The fraction of sp³-hybridized carbons (Fsp3) is 0.190. The predicted molar refractivity (Wildman–Crippen MR) is 107 cm³/mol. The van der Waals surface area contributed by atoms with Crippen LogP contribution in [0.4, 0.5) is 20.3 Å². The van der Waals surface area contributed by atoms with E-state index >= 15 is 0 Å². The summed E-state index contributed by atoms with van der Waals surface area (Å²) in [6, 6.07) is 14.0. The van der Waals surface area contributed by atoms with Gasteiger partial charge in [0.25, 0.3) is 0 Å². The maximum atomic E-state index is 13.9. The zero-order valence-corrected chi connectivity index (χ0v) is 15.9. The average Bonchev–Trinajstić information content (AvgIpc) is 3.38. The average molecular weight is 411 g/mol. The zero-order chi connectivity index (χ0) is 21.1. The molecular weight excluding hydrogens is 392 g/mol. The summed E-state index contributed by atoms with van der Waals surface area (Å²) < 4.78 is 28.6. The van der Waals surface area contributed by atoms with Gasteiger partial charge in [-0.2, -0.15) is 5.10 Å². The van der Waals surface area contributed by atoms with Gasteiger partial charge < -0.3 is 15.5 Å². The third-order valence-corrected chi connectivity index (χ3v) is 4.83. The molecule has 0 spiro atoms. The summed E-state index contributed by atoms with van der Waals surface area (Å²) in [5, 5.41) is 9.34. The molecule has 154 valence electrons. The van der Waals surface area contributed by atoms with Gasteiger partial charge in [-0.25, -0.2) is 13.5 Å². The van der Waals surface area contributed by atoms with E-state index in [0.29, 0.717) is 19.5 Å². The van der Waals surface area contributed by atoms with Crippen molar-refractivity contribution in [3.63, 3.8) is 0 Å². The normalized spacial score (nSPS) is 15.8. The summed E-state index contributed by atoms with van der Waals surface area (Å²) >= 11 is 0. The Balaban J connectivity index is 1.32. The lowest BCUT2D eigenvalue weighted by atomic mass is 10.2. The van der Waals surface area contributed by atoms with Gasteiger partial charge in [0.15, 0.2) is 5.82 Å². The first-order valence-electron chi connectivity index (χ1n) is 9.42. The van der Waals surface area contributed by atoms with E-state index in [1.807, 2.05) is 30.3 Å². The van der Waals surface area contributed by atoms with E-state index in [-0.39, 0.29) is 17.5 Å². The number of carbonyl (C=O) groups excluding carboxylic acids is 2. The SMILES string of the molecule is O=C(Nc1ccn(-c2ccccc2)n1)C(=O)NC1CCN(c2ccc(F)cc2F)C1. The van der Waals surface area contributed by atoms with Crippen LogP contribution in [0.15, 0.2) is 60.8 Å². The van der Waals surface area contributed by atoms with Crippen LogP contribution < -0.4 is 15.5 Å². The molecule has 30 heavy (non-hydrogen) atoms. The molecule has 1 unspecified atom stereocenters. The van der Waals surface area contributed by atoms with Crippen LogP contribution in [0.5, 0.6) is 0 Å². The van der Waals surface area contributed by atoms with E-state index in [4.69, 9.17) is 0 Å². The monoisotopic (exact) mass is 411 g/mol. The molecule has 2 aromatic carbocycles. The van der Waals surface area contributed by atoms with Gasteiger partial charge in [0.1, 0.15) is 11.6 Å². The molecule has 3 aromatic rings. The number of aromatic nitrogens is 2. The van der Waals surface area contributed by atoms with Crippen molar-refractivity contribution in [3.05, 3.63) is 72.4 Å². The second-order valence-corrected chi connectivity index (χ2v) is 6.94. The first-order chi connectivity index (χ1) is 14.5. The van der Waals surface area contributed by atoms with Crippen LogP contribution >= 0.6 is 0 Å². The van der Waals surface area contributed by atoms with Crippen molar-refractivity contribution in [1.29, 1.82) is 0 Å². The van der Waals surface area contributed by atoms with Gasteiger partial charge in [0.05, 0.1) is 11.4 Å². The topological polar surface area (TPSA) is 79.3 Å². The highest BCUT2D eigenvalue weighted by atomic mass is 19.1. The maximum absolute atomic E-state index is 13.9. The van der Waals surface area contributed by atoms with Gasteiger partial charge in [-0.3, -0.25) is 9.59 Å². The van der Waals surface area contributed by atoms with Crippen LogP contribution in [0.3, 0.4) is 0 Å². The van der Waals surface area contributed by atoms with Crippen molar-refractivity contribution in [2.24, 2.45) is 0 Å². The minimum absolute atomic E-state index is 0.250. The quantitative estimate of drug-likeness (QED) is 0.647. The zero-order valence-electron chi connectivity index (χ0n) is 15.9. The van der Waals surface area contributed by atoms with Crippen molar-refractivity contribution in [2.45, 2.75) is 12.5 Å². The maximum Gasteiger partial charge on any atom is 0.314 e. The van der Waals surface area contributed by atoms with Crippen LogP contribution in [-0.4, -0.2) is 40.7 Å². The highest BCUT2D eigenvalue weighted by Crippen LogP contribution is 2.24. The molecule has 1 fully saturated rings. The molecule has 1 saturated heterocycles. The van der Waals surface area contributed by atoms with E-state index in [1.54, 1.807) is 21.8 Å². The highest BCUT2D eigenvalue weighted by molar-refractivity contribution is 6.39. The molecule has 1 atom stereocenters. The Morgan fingerprint density at radius 1 is 1.03 bits per heavy atom. The van der Waals surface area contributed by atoms with E-state index in [9.17, 15) is 18.4 Å². The van der Waals surface area contributed by atoms with Gasteiger partial charge in [-0.1, -0.05) is 18.2 Å². The number of anilines is 2. The first kappa shape index (κ1) is 19.6. The van der Waals surface area contributed by atoms with Crippen LogP contribution in [0.25, 0.3) is 5.69 Å². The minimum Gasteiger partial charge on any atom is -0.367 e. The standard InChI is InChI=1S/C21H19F2N5O2/c22-14-6-7-18(17(23)12-14)27-10-8-15(13-27)24-20(29)21(30)25-19-9-11-28(26-19)16-4-2-1-3-5-16/h1-7,9,11-12,15H,8,10,13H2,(H,24,29)(H,25,26,30). The number of halogens is 2. The van der Waals surface area contributed by atoms with E-state index < -0.39 is 23.4 Å². The van der Waals surface area contributed by atoms with Crippen LogP contribution in [0.2, 0.25) is 0 Å². The Morgan fingerprint density at radius 2 is 1.83 bits per heavy atom. The number of carbonyl (C=O) groups is 2. The molecule has 2 N–H and O–H groups in total. The molecular formula is C21H19F2N5O2. The molecule has 1 aliphatic heterocycles. The van der Waals surface area contributed by atoms with Crippen LogP contribution in [0, 0.1) is 11.6 Å². The Morgan fingerprint density at radius 3 is 2.60 bits per heavy atom. The van der Waals surface area contributed by atoms with Gasteiger partial charge in [0, 0.05) is 37.5 Å². The number of rotatable bonds is 4. The smallest absolute Gasteiger partial charge is 0.314 e. The van der Waals surface area contributed by atoms with Gasteiger partial charge in [-0.05, 0) is 30.7 Å². The summed E-state index contributed by atoms with van der Waals surface area (Å²) in [4.78, 5) is 26.1. The summed E-state index contributed by atoms with van der Waals surface area (Å²) in [6.07, 6.45) is 2.22. The summed E-state index contributed by atoms with van der Waals surface area (Å²) in [7, 11) is 0. The van der Waals surface area contributed by atoms with Gasteiger partial charge in [-0.15, -0.1) is 0 Å². The fourth-order valence-electron chi connectivity index (χ4n) is 3.37. The number of para-hydroxylation sites is 1. The molecule has 9 heteroatoms. The van der Waals surface area contributed by atoms with E-state index in [0.717, 1.165) is 11.8 Å². The molecule has 0 bridgehead atoms. The lowest BCUT2D eigenvalue weighted by Gasteiger charge is -2.19. The predicted octanol–water partition coefficient (Wildman–Crippen LogP) is 2.48. The molecule has 0 aliphatic carbocycles. The number of benzene rings is 2. The van der Waals surface area contributed by atoms with Gasteiger partial charge >= 0.3 is 11.8 Å². The summed E-state index contributed by atoms with van der Waals surface area (Å²) in [5.41, 5.74) is 1.09. The third kappa shape index (κ3) is 4.29. The Kier molecular flexibility index (Phi) is 5.42. The number of amides is 2. The number of nitrogens with zero attached hydrogens (tertiary/aromatic N) is 3. The number of nitrogens with one attached hydrogen (secondary N) is 2. The Labute approximate surface area is 171 Å². The van der Waals surface area contributed by atoms with E-state index in [1.165, 1.54) is 12.1 Å². The third-order valence-electron chi connectivity index (χ3n) is 4.83. The lowest BCUT2D eigenvalue weighted by molar-refractivity contribution is -0.136. The molecule has 0 saturated carbocycles. The molecule has 7 nitrogen and oxygen atoms in total. The molecule has 4 rings (SSSR count). The molecule has 1 aliphatic rings. The molecule has 2 heterocycles. The number of hydrogen-bond acceptors (Lipinski definition) is 4. The lowest BCUT2D eigenvalue weighted by Crippen LogP contribution is -2.43. The van der Waals surface area contributed by atoms with Crippen LogP contribution in [0.1, 0.15) is 6.42 Å². The number of hydrogen-bond donors (Lipinski definition) is 2. The minimum atomic E-state index is -0.834. The van der Waals surface area contributed by atoms with Crippen molar-refractivity contribution in [2.75, 3.05) is 23.3 Å². The van der Waals surface area contributed by atoms with Crippen molar-refractivity contribution in [3.8, 4) is 5.69 Å². The van der Waals surface area contributed by atoms with Crippen molar-refractivity contribution < 1.29 is 18.4 Å². The largest absolute Gasteiger partial charge is 0.367 e. The molecule has 2 amide bonds. The first-order valence-corrected chi connectivity index (χ1v) is 9.42.